The predicted octanol–water partition coefficient (Wildman–Crippen LogP) is 2.65. The maximum absolute atomic E-state index is 10.1. The lowest BCUT2D eigenvalue weighted by Gasteiger charge is -1.91. The zero-order valence-corrected chi connectivity index (χ0v) is 9.07. The lowest BCUT2D eigenvalue weighted by atomic mass is 10.3. The van der Waals surface area contributed by atoms with Gasteiger partial charge in [0.25, 0.3) is 0 Å². The van der Waals surface area contributed by atoms with E-state index in [0.717, 1.165) is 22.2 Å². The summed E-state index contributed by atoms with van der Waals surface area (Å²) < 4.78 is 6.06. The second-order valence-corrected chi connectivity index (χ2v) is 4.21. The Bertz CT molecular complexity index is 270. The molecular weight excluding hydrogens is 240 g/mol. The number of ether oxygens (including phenoxy) is 1. The first-order valence-corrected chi connectivity index (χ1v) is 5.14. The fourth-order valence-electron chi connectivity index (χ4n) is 0.861. The van der Waals surface area contributed by atoms with Crippen molar-refractivity contribution in [3.63, 3.8) is 0 Å². The Hall–Kier alpha value is -0.350. The molecule has 0 aliphatic rings. The fourth-order valence-corrected chi connectivity index (χ4v) is 2.57. The molecule has 66 valence electrons. The Labute approximate surface area is 83.7 Å². The topological polar surface area (TPSA) is 26.3 Å². The molecule has 0 amide bonds. The van der Waals surface area contributed by atoms with Crippen LogP contribution >= 0.6 is 27.3 Å². The van der Waals surface area contributed by atoms with Crippen LogP contribution in [-0.4, -0.2) is 13.4 Å². The van der Waals surface area contributed by atoms with Crippen LogP contribution in [0.15, 0.2) is 10.5 Å². The molecule has 0 atom stereocenters. The SMILES string of the molecule is COc1sc(CCC=O)cc1Br. The lowest BCUT2D eigenvalue weighted by molar-refractivity contribution is -0.107. The van der Waals surface area contributed by atoms with E-state index in [9.17, 15) is 4.79 Å². The molecule has 0 saturated heterocycles. The third-order valence-electron chi connectivity index (χ3n) is 1.40. The molecule has 0 aliphatic heterocycles. The van der Waals surface area contributed by atoms with Gasteiger partial charge in [-0.1, -0.05) is 0 Å². The van der Waals surface area contributed by atoms with Crippen LogP contribution in [0.4, 0.5) is 0 Å². The molecule has 0 radical (unpaired) electrons. The van der Waals surface area contributed by atoms with Crippen molar-refractivity contribution in [2.45, 2.75) is 12.8 Å². The summed E-state index contributed by atoms with van der Waals surface area (Å²) in [6.07, 6.45) is 2.31. The van der Waals surface area contributed by atoms with Crippen LogP contribution in [-0.2, 0) is 11.2 Å². The molecule has 4 heteroatoms. The van der Waals surface area contributed by atoms with Gasteiger partial charge in [-0.05, 0) is 28.4 Å². The molecule has 0 aromatic carbocycles. The van der Waals surface area contributed by atoms with Crippen LogP contribution in [0, 0.1) is 0 Å². The van der Waals surface area contributed by atoms with Crippen molar-refractivity contribution in [3.8, 4) is 5.06 Å². The molecular formula is C8H9BrO2S. The average Bonchev–Trinajstić information content (AvgIpc) is 2.43. The number of hydrogen-bond acceptors (Lipinski definition) is 3. The molecule has 0 spiro atoms. The highest BCUT2D eigenvalue weighted by molar-refractivity contribution is 9.10. The molecule has 1 aromatic rings. The van der Waals surface area contributed by atoms with Gasteiger partial charge in [0.2, 0.25) is 0 Å². The number of hydrogen-bond donors (Lipinski definition) is 0. The number of aryl methyl sites for hydroxylation is 1. The lowest BCUT2D eigenvalue weighted by Crippen LogP contribution is -1.79. The first-order chi connectivity index (χ1) is 5.77. The molecule has 0 saturated carbocycles. The number of methoxy groups -OCH3 is 1. The molecule has 0 aliphatic carbocycles. The van der Waals surface area contributed by atoms with Crippen molar-refractivity contribution >= 4 is 33.6 Å². The van der Waals surface area contributed by atoms with Gasteiger partial charge >= 0.3 is 0 Å². The van der Waals surface area contributed by atoms with E-state index in [-0.39, 0.29) is 0 Å². The van der Waals surface area contributed by atoms with Crippen molar-refractivity contribution in [1.82, 2.24) is 0 Å². The van der Waals surface area contributed by atoms with E-state index >= 15 is 0 Å². The zero-order chi connectivity index (χ0) is 8.97. The first kappa shape index (κ1) is 9.74. The van der Waals surface area contributed by atoms with Crippen molar-refractivity contribution in [2.75, 3.05) is 7.11 Å². The van der Waals surface area contributed by atoms with Gasteiger partial charge in [0.15, 0.2) is 5.06 Å². The van der Waals surface area contributed by atoms with Crippen LogP contribution in [0.5, 0.6) is 5.06 Å². The number of carbonyl (C=O) groups excluding carboxylic acids is 1. The number of aldehydes is 1. The minimum absolute atomic E-state index is 0.579. The highest BCUT2D eigenvalue weighted by Gasteiger charge is 2.05. The van der Waals surface area contributed by atoms with Crippen molar-refractivity contribution in [3.05, 3.63) is 15.4 Å². The highest BCUT2D eigenvalue weighted by atomic mass is 79.9. The summed E-state index contributed by atoms with van der Waals surface area (Å²) in [7, 11) is 1.64. The summed E-state index contributed by atoms with van der Waals surface area (Å²) in [4.78, 5) is 11.3. The predicted molar refractivity (Wildman–Crippen MR) is 53.0 cm³/mol. The van der Waals surface area contributed by atoms with Crippen LogP contribution in [0.2, 0.25) is 0 Å². The summed E-state index contributed by atoms with van der Waals surface area (Å²) in [5, 5.41) is 0.871. The van der Waals surface area contributed by atoms with Crippen LogP contribution in [0.3, 0.4) is 0 Å². The molecule has 0 fully saturated rings. The molecule has 0 N–H and O–H groups in total. The molecule has 0 unspecified atom stereocenters. The Morgan fingerprint density at radius 1 is 1.75 bits per heavy atom. The largest absolute Gasteiger partial charge is 0.486 e. The van der Waals surface area contributed by atoms with E-state index in [1.165, 1.54) is 4.88 Å². The zero-order valence-electron chi connectivity index (χ0n) is 6.67. The van der Waals surface area contributed by atoms with E-state index in [2.05, 4.69) is 15.9 Å². The molecule has 1 aromatic heterocycles. The Balaban J connectivity index is 2.68. The van der Waals surface area contributed by atoms with E-state index in [1.54, 1.807) is 18.4 Å². The highest BCUT2D eigenvalue weighted by Crippen LogP contribution is 2.34. The standard InChI is InChI=1S/C8H9BrO2S/c1-11-8-7(9)5-6(12-8)3-2-4-10/h4-5H,2-3H2,1H3. The first-order valence-electron chi connectivity index (χ1n) is 3.53. The van der Waals surface area contributed by atoms with Crippen LogP contribution in [0.1, 0.15) is 11.3 Å². The third-order valence-corrected chi connectivity index (χ3v) is 3.41. The van der Waals surface area contributed by atoms with Gasteiger partial charge in [0.05, 0.1) is 11.6 Å². The Morgan fingerprint density at radius 3 is 3.00 bits per heavy atom. The second kappa shape index (κ2) is 4.62. The Morgan fingerprint density at radius 2 is 2.50 bits per heavy atom. The van der Waals surface area contributed by atoms with Gasteiger partial charge in [0.1, 0.15) is 6.29 Å². The summed E-state index contributed by atoms with van der Waals surface area (Å²) in [5.41, 5.74) is 0. The maximum Gasteiger partial charge on any atom is 0.188 e. The van der Waals surface area contributed by atoms with Gasteiger partial charge in [-0.15, -0.1) is 11.3 Å². The van der Waals surface area contributed by atoms with Crippen LogP contribution < -0.4 is 4.74 Å². The Kier molecular flexibility index (Phi) is 3.75. The fraction of sp³-hybridized carbons (Fsp3) is 0.375. The van der Waals surface area contributed by atoms with E-state index in [4.69, 9.17) is 4.74 Å². The average molecular weight is 249 g/mol. The minimum Gasteiger partial charge on any atom is -0.486 e. The van der Waals surface area contributed by atoms with E-state index in [0.29, 0.717) is 6.42 Å². The maximum atomic E-state index is 10.1. The van der Waals surface area contributed by atoms with Gasteiger partial charge in [0, 0.05) is 11.3 Å². The number of rotatable bonds is 4. The molecule has 1 rings (SSSR count). The molecule has 1 heterocycles. The van der Waals surface area contributed by atoms with Crippen molar-refractivity contribution < 1.29 is 9.53 Å². The summed E-state index contributed by atoms with van der Waals surface area (Å²) in [6.45, 7) is 0. The summed E-state index contributed by atoms with van der Waals surface area (Å²) in [6, 6.07) is 1.99. The normalized spacial score (nSPS) is 9.83. The van der Waals surface area contributed by atoms with Crippen LogP contribution in [0.25, 0.3) is 0 Å². The molecule has 12 heavy (non-hydrogen) atoms. The smallest absolute Gasteiger partial charge is 0.188 e. The minimum atomic E-state index is 0.579. The van der Waals surface area contributed by atoms with Crippen molar-refractivity contribution in [2.24, 2.45) is 0 Å². The van der Waals surface area contributed by atoms with Gasteiger partial charge in [-0.25, -0.2) is 0 Å². The van der Waals surface area contributed by atoms with Crippen molar-refractivity contribution in [1.29, 1.82) is 0 Å². The second-order valence-electron chi connectivity index (χ2n) is 2.26. The van der Waals surface area contributed by atoms with Gasteiger partial charge in [-0.2, -0.15) is 0 Å². The van der Waals surface area contributed by atoms with Gasteiger partial charge in [-0.3, -0.25) is 0 Å². The molecule has 0 bridgehead atoms. The number of thiophene rings is 1. The monoisotopic (exact) mass is 248 g/mol. The molecule has 2 nitrogen and oxygen atoms in total. The summed E-state index contributed by atoms with van der Waals surface area (Å²) in [5.74, 6) is 0. The summed E-state index contributed by atoms with van der Waals surface area (Å²) >= 11 is 4.94. The van der Waals surface area contributed by atoms with E-state index in [1.807, 2.05) is 6.07 Å². The number of halogens is 1. The quantitative estimate of drug-likeness (QED) is 0.767. The third kappa shape index (κ3) is 2.32. The van der Waals surface area contributed by atoms with Gasteiger partial charge < -0.3 is 9.53 Å². The van der Waals surface area contributed by atoms with E-state index < -0.39 is 0 Å². The number of carbonyl (C=O) groups is 1.